The molecule has 3 rings (SSSR count). The van der Waals surface area contributed by atoms with Gasteiger partial charge in [0.25, 0.3) is 0 Å². The van der Waals surface area contributed by atoms with Crippen LogP contribution in [0.2, 0.25) is 0 Å². The van der Waals surface area contributed by atoms with E-state index in [9.17, 15) is 0 Å². The number of nitrogens with two attached hydrogens (primary N) is 1. The van der Waals surface area contributed by atoms with Crippen molar-refractivity contribution in [3.05, 3.63) is 82.9 Å². The first-order chi connectivity index (χ1) is 9.65. The van der Waals surface area contributed by atoms with Gasteiger partial charge in [-0.3, -0.25) is 0 Å². The summed E-state index contributed by atoms with van der Waals surface area (Å²) in [5.74, 6) is 0. The van der Waals surface area contributed by atoms with E-state index in [2.05, 4.69) is 74.5 Å². The molecule has 0 saturated heterocycles. The molecule has 0 saturated carbocycles. The molecule has 0 bridgehead atoms. The van der Waals surface area contributed by atoms with E-state index in [0.29, 0.717) is 0 Å². The Morgan fingerprint density at radius 3 is 2.20 bits per heavy atom. The maximum absolute atomic E-state index is 6.52. The fourth-order valence-corrected chi connectivity index (χ4v) is 2.89. The molecule has 1 atom stereocenters. The highest BCUT2D eigenvalue weighted by Crippen LogP contribution is 2.28. The summed E-state index contributed by atoms with van der Waals surface area (Å²) < 4.78 is 0. The van der Waals surface area contributed by atoms with E-state index in [1.54, 1.807) is 0 Å². The molecular formula is C19H19N. The van der Waals surface area contributed by atoms with Gasteiger partial charge < -0.3 is 5.73 Å². The standard InChI is InChI=1S/C19H19N/c1-13-10-14(2)12-16(11-13)19(20)18-9-5-7-15-6-3-4-8-17(15)18/h3-12,19H,20H2,1-2H3. The fraction of sp³-hybridized carbons (Fsp3) is 0.158. The van der Waals surface area contributed by atoms with Gasteiger partial charge in [-0.25, -0.2) is 0 Å². The average Bonchev–Trinajstić information content (AvgIpc) is 2.45. The second-order valence-electron chi connectivity index (χ2n) is 5.47. The lowest BCUT2D eigenvalue weighted by Crippen LogP contribution is -2.12. The molecule has 0 spiro atoms. The van der Waals surface area contributed by atoms with Gasteiger partial charge in [-0.2, -0.15) is 0 Å². The summed E-state index contributed by atoms with van der Waals surface area (Å²) >= 11 is 0. The summed E-state index contributed by atoms with van der Waals surface area (Å²) in [7, 11) is 0. The molecule has 0 heterocycles. The molecule has 1 unspecified atom stereocenters. The largest absolute Gasteiger partial charge is 0.320 e. The van der Waals surface area contributed by atoms with Crippen LogP contribution in [0.15, 0.2) is 60.7 Å². The van der Waals surface area contributed by atoms with Crippen LogP contribution in [0.25, 0.3) is 10.8 Å². The second kappa shape index (κ2) is 5.10. The highest BCUT2D eigenvalue weighted by atomic mass is 14.6. The first-order valence-corrected chi connectivity index (χ1v) is 6.96. The van der Waals surface area contributed by atoms with E-state index in [-0.39, 0.29) is 6.04 Å². The van der Waals surface area contributed by atoms with Crippen LogP contribution in [0, 0.1) is 13.8 Å². The SMILES string of the molecule is Cc1cc(C)cc(C(N)c2cccc3ccccc23)c1. The lowest BCUT2D eigenvalue weighted by atomic mass is 9.93. The minimum absolute atomic E-state index is 0.0836. The molecule has 100 valence electrons. The Morgan fingerprint density at radius 1 is 0.800 bits per heavy atom. The highest BCUT2D eigenvalue weighted by molar-refractivity contribution is 5.86. The summed E-state index contributed by atoms with van der Waals surface area (Å²) in [5, 5.41) is 2.48. The molecule has 20 heavy (non-hydrogen) atoms. The quantitative estimate of drug-likeness (QED) is 0.722. The second-order valence-corrected chi connectivity index (χ2v) is 5.47. The van der Waals surface area contributed by atoms with Gasteiger partial charge in [-0.15, -0.1) is 0 Å². The van der Waals surface area contributed by atoms with E-state index in [0.717, 1.165) is 0 Å². The summed E-state index contributed by atoms with van der Waals surface area (Å²) in [5.41, 5.74) is 11.4. The summed E-state index contributed by atoms with van der Waals surface area (Å²) in [6.45, 7) is 4.23. The number of benzene rings is 3. The van der Waals surface area contributed by atoms with Crippen molar-refractivity contribution in [1.29, 1.82) is 0 Å². The molecule has 0 aromatic heterocycles. The van der Waals surface area contributed by atoms with Crippen molar-refractivity contribution in [3.63, 3.8) is 0 Å². The molecular weight excluding hydrogens is 242 g/mol. The first-order valence-electron chi connectivity index (χ1n) is 6.96. The third-order valence-electron chi connectivity index (χ3n) is 3.76. The van der Waals surface area contributed by atoms with Crippen LogP contribution in [0.1, 0.15) is 28.3 Å². The minimum Gasteiger partial charge on any atom is -0.320 e. The molecule has 0 aliphatic rings. The molecule has 0 aliphatic heterocycles. The van der Waals surface area contributed by atoms with Crippen molar-refractivity contribution in [2.45, 2.75) is 19.9 Å². The van der Waals surface area contributed by atoms with Gasteiger partial charge in [0.2, 0.25) is 0 Å². The number of rotatable bonds is 2. The van der Waals surface area contributed by atoms with E-state index in [1.807, 2.05) is 0 Å². The zero-order chi connectivity index (χ0) is 14.1. The Hall–Kier alpha value is -2.12. The Labute approximate surface area is 120 Å². The summed E-state index contributed by atoms with van der Waals surface area (Å²) in [6, 6.07) is 21.2. The van der Waals surface area contributed by atoms with Crippen molar-refractivity contribution in [2.75, 3.05) is 0 Å². The molecule has 1 heteroatoms. The van der Waals surface area contributed by atoms with E-state index >= 15 is 0 Å². The zero-order valence-electron chi connectivity index (χ0n) is 11.9. The van der Waals surface area contributed by atoms with E-state index in [1.165, 1.54) is 33.0 Å². The predicted octanol–water partition coefficient (Wildman–Crippen LogP) is 4.50. The Bertz CT molecular complexity index is 733. The average molecular weight is 261 g/mol. The molecule has 0 fully saturated rings. The number of fused-ring (bicyclic) bond motifs is 1. The van der Waals surface area contributed by atoms with Crippen molar-refractivity contribution in [1.82, 2.24) is 0 Å². The third-order valence-corrected chi connectivity index (χ3v) is 3.76. The first kappa shape index (κ1) is 12.9. The van der Waals surface area contributed by atoms with E-state index < -0.39 is 0 Å². The Balaban J connectivity index is 2.15. The molecule has 0 radical (unpaired) electrons. The van der Waals surface area contributed by atoms with Crippen LogP contribution in [0.3, 0.4) is 0 Å². The third kappa shape index (κ3) is 2.33. The summed E-state index contributed by atoms with van der Waals surface area (Å²) in [4.78, 5) is 0. The van der Waals surface area contributed by atoms with Crippen LogP contribution in [0.4, 0.5) is 0 Å². The van der Waals surface area contributed by atoms with Gasteiger partial charge in [0.15, 0.2) is 0 Å². The topological polar surface area (TPSA) is 26.0 Å². The smallest absolute Gasteiger partial charge is 0.0557 e. The van der Waals surface area contributed by atoms with Gasteiger partial charge in [0, 0.05) is 0 Å². The van der Waals surface area contributed by atoms with Crippen molar-refractivity contribution >= 4 is 10.8 Å². The van der Waals surface area contributed by atoms with Crippen LogP contribution >= 0.6 is 0 Å². The van der Waals surface area contributed by atoms with Gasteiger partial charge >= 0.3 is 0 Å². The highest BCUT2D eigenvalue weighted by Gasteiger charge is 2.12. The van der Waals surface area contributed by atoms with Gasteiger partial charge in [0.05, 0.1) is 6.04 Å². The molecule has 0 amide bonds. The number of hydrogen-bond donors (Lipinski definition) is 1. The predicted molar refractivity (Wildman–Crippen MR) is 85.9 cm³/mol. The summed E-state index contributed by atoms with van der Waals surface area (Å²) in [6.07, 6.45) is 0. The zero-order valence-corrected chi connectivity index (χ0v) is 11.9. The van der Waals surface area contributed by atoms with Crippen LogP contribution in [0.5, 0.6) is 0 Å². The van der Waals surface area contributed by atoms with Gasteiger partial charge in [0.1, 0.15) is 0 Å². The molecule has 3 aromatic carbocycles. The molecule has 0 aliphatic carbocycles. The number of aryl methyl sites for hydroxylation is 2. The fourth-order valence-electron chi connectivity index (χ4n) is 2.89. The minimum atomic E-state index is -0.0836. The Morgan fingerprint density at radius 2 is 1.45 bits per heavy atom. The van der Waals surface area contributed by atoms with Gasteiger partial charge in [-0.1, -0.05) is 71.8 Å². The Kier molecular flexibility index (Phi) is 3.29. The molecule has 3 aromatic rings. The normalized spacial score (nSPS) is 12.6. The van der Waals surface area contributed by atoms with Crippen molar-refractivity contribution < 1.29 is 0 Å². The van der Waals surface area contributed by atoms with Crippen molar-refractivity contribution in [2.24, 2.45) is 5.73 Å². The number of hydrogen-bond acceptors (Lipinski definition) is 1. The van der Waals surface area contributed by atoms with Crippen LogP contribution in [-0.2, 0) is 0 Å². The lowest BCUT2D eigenvalue weighted by molar-refractivity contribution is 0.877. The monoisotopic (exact) mass is 261 g/mol. The maximum Gasteiger partial charge on any atom is 0.0557 e. The van der Waals surface area contributed by atoms with Crippen LogP contribution < -0.4 is 5.73 Å². The van der Waals surface area contributed by atoms with Crippen molar-refractivity contribution in [3.8, 4) is 0 Å². The maximum atomic E-state index is 6.52. The van der Waals surface area contributed by atoms with Crippen LogP contribution in [-0.4, -0.2) is 0 Å². The van der Waals surface area contributed by atoms with Gasteiger partial charge in [-0.05, 0) is 35.7 Å². The molecule has 1 nitrogen and oxygen atoms in total. The molecule has 2 N–H and O–H groups in total. The van der Waals surface area contributed by atoms with E-state index in [4.69, 9.17) is 5.73 Å². The lowest BCUT2D eigenvalue weighted by Gasteiger charge is -2.16.